The highest BCUT2D eigenvalue weighted by atomic mass is 16.5. The van der Waals surface area contributed by atoms with Gasteiger partial charge in [0.25, 0.3) is 0 Å². The summed E-state index contributed by atoms with van der Waals surface area (Å²) in [7, 11) is 1.63. The largest absolute Gasteiger partial charge is 0.497 e. The Morgan fingerprint density at radius 3 is 2.32 bits per heavy atom. The normalized spacial score (nSPS) is 13.7. The fourth-order valence-electron chi connectivity index (χ4n) is 1.84. The highest BCUT2D eigenvalue weighted by Crippen LogP contribution is 2.18. The summed E-state index contributed by atoms with van der Waals surface area (Å²) in [6, 6.07) is 10.00. The SMILES string of the molecule is COc1ccc(OCCC(C)(C#N)NC(C)C)cc1. The Kier molecular flexibility index (Phi) is 5.65. The Bertz CT molecular complexity index is 423. The molecule has 0 bridgehead atoms. The van der Waals surface area contributed by atoms with Gasteiger partial charge < -0.3 is 9.47 Å². The van der Waals surface area contributed by atoms with E-state index in [4.69, 9.17) is 9.47 Å². The standard InChI is InChI=1S/C15H22N2O2/c1-12(2)17-15(3,11-16)9-10-19-14-7-5-13(18-4)6-8-14/h5-8,12,17H,9-10H2,1-4H3. The first-order chi connectivity index (χ1) is 8.99. The molecule has 1 aromatic carbocycles. The molecule has 0 saturated carbocycles. The number of rotatable bonds is 7. The van der Waals surface area contributed by atoms with E-state index in [9.17, 15) is 5.26 Å². The summed E-state index contributed by atoms with van der Waals surface area (Å²) < 4.78 is 10.7. The number of hydrogen-bond donors (Lipinski definition) is 1. The van der Waals surface area contributed by atoms with Crippen molar-refractivity contribution in [2.45, 2.75) is 38.8 Å². The maximum atomic E-state index is 9.22. The highest BCUT2D eigenvalue weighted by molar-refractivity contribution is 5.31. The van der Waals surface area contributed by atoms with Crippen molar-refractivity contribution in [1.82, 2.24) is 5.32 Å². The number of nitriles is 1. The molecule has 1 N–H and O–H groups in total. The van der Waals surface area contributed by atoms with Crippen LogP contribution in [-0.4, -0.2) is 25.3 Å². The van der Waals surface area contributed by atoms with Gasteiger partial charge in [-0.3, -0.25) is 5.32 Å². The molecule has 104 valence electrons. The Balaban J connectivity index is 2.46. The first-order valence-corrected chi connectivity index (χ1v) is 6.45. The molecule has 0 aliphatic rings. The van der Waals surface area contributed by atoms with Gasteiger partial charge in [0.1, 0.15) is 17.0 Å². The number of methoxy groups -OCH3 is 1. The molecule has 0 aliphatic carbocycles. The van der Waals surface area contributed by atoms with E-state index in [-0.39, 0.29) is 6.04 Å². The van der Waals surface area contributed by atoms with Gasteiger partial charge in [0.15, 0.2) is 0 Å². The van der Waals surface area contributed by atoms with Gasteiger partial charge in [0.2, 0.25) is 0 Å². The minimum Gasteiger partial charge on any atom is -0.497 e. The minimum atomic E-state index is -0.555. The molecule has 0 saturated heterocycles. The number of hydrogen-bond acceptors (Lipinski definition) is 4. The summed E-state index contributed by atoms with van der Waals surface area (Å²) in [6.45, 7) is 6.44. The third-order valence-electron chi connectivity index (χ3n) is 2.78. The van der Waals surface area contributed by atoms with Crippen molar-refractivity contribution < 1.29 is 9.47 Å². The molecule has 0 heterocycles. The fraction of sp³-hybridized carbons (Fsp3) is 0.533. The van der Waals surface area contributed by atoms with Crippen LogP contribution < -0.4 is 14.8 Å². The van der Waals surface area contributed by atoms with Gasteiger partial charge >= 0.3 is 0 Å². The van der Waals surface area contributed by atoms with Gasteiger partial charge in [-0.15, -0.1) is 0 Å². The average Bonchev–Trinajstić information content (AvgIpc) is 2.38. The molecule has 0 radical (unpaired) electrons. The monoisotopic (exact) mass is 262 g/mol. The van der Waals surface area contributed by atoms with Crippen LogP contribution in [0.15, 0.2) is 24.3 Å². The third-order valence-corrected chi connectivity index (χ3v) is 2.78. The minimum absolute atomic E-state index is 0.269. The topological polar surface area (TPSA) is 54.3 Å². The zero-order chi connectivity index (χ0) is 14.3. The van der Waals surface area contributed by atoms with E-state index < -0.39 is 5.54 Å². The van der Waals surface area contributed by atoms with E-state index in [0.29, 0.717) is 13.0 Å². The number of ether oxygens (including phenoxy) is 2. The molecule has 19 heavy (non-hydrogen) atoms. The molecule has 0 spiro atoms. The van der Waals surface area contributed by atoms with Crippen LogP contribution >= 0.6 is 0 Å². The molecule has 4 nitrogen and oxygen atoms in total. The second kappa shape index (κ2) is 7.01. The Labute approximate surface area is 115 Å². The predicted octanol–water partition coefficient (Wildman–Crippen LogP) is 2.74. The molecule has 1 unspecified atom stereocenters. The average molecular weight is 262 g/mol. The van der Waals surface area contributed by atoms with Crippen LogP contribution in [-0.2, 0) is 0 Å². The Morgan fingerprint density at radius 2 is 1.84 bits per heavy atom. The lowest BCUT2D eigenvalue weighted by atomic mass is 9.99. The molecular weight excluding hydrogens is 240 g/mol. The first-order valence-electron chi connectivity index (χ1n) is 6.45. The zero-order valence-electron chi connectivity index (χ0n) is 12.1. The molecule has 1 aromatic rings. The van der Waals surface area contributed by atoms with Gasteiger partial charge in [0, 0.05) is 12.5 Å². The van der Waals surface area contributed by atoms with Gasteiger partial charge in [-0.25, -0.2) is 0 Å². The summed E-state index contributed by atoms with van der Waals surface area (Å²) in [5.74, 6) is 1.58. The molecule has 0 amide bonds. The Morgan fingerprint density at radius 1 is 1.26 bits per heavy atom. The maximum Gasteiger partial charge on any atom is 0.119 e. The molecule has 0 fully saturated rings. The first kappa shape index (κ1) is 15.3. The number of benzene rings is 1. The summed E-state index contributed by atoms with van der Waals surface area (Å²) in [5.41, 5.74) is -0.555. The predicted molar refractivity (Wildman–Crippen MR) is 75.4 cm³/mol. The third kappa shape index (κ3) is 5.19. The molecule has 4 heteroatoms. The lowest BCUT2D eigenvalue weighted by Gasteiger charge is -2.25. The fourth-order valence-corrected chi connectivity index (χ4v) is 1.84. The molecular formula is C15H22N2O2. The van der Waals surface area contributed by atoms with Crippen LogP contribution in [0.3, 0.4) is 0 Å². The smallest absolute Gasteiger partial charge is 0.119 e. The van der Waals surface area contributed by atoms with Crippen molar-refractivity contribution in [3.8, 4) is 17.6 Å². The van der Waals surface area contributed by atoms with Crippen molar-refractivity contribution in [3.63, 3.8) is 0 Å². The van der Waals surface area contributed by atoms with E-state index in [1.807, 2.05) is 45.0 Å². The van der Waals surface area contributed by atoms with Crippen LogP contribution in [0.1, 0.15) is 27.2 Å². The summed E-state index contributed by atoms with van der Waals surface area (Å²) in [4.78, 5) is 0. The second-order valence-corrected chi connectivity index (χ2v) is 5.02. The molecule has 1 atom stereocenters. The van der Waals surface area contributed by atoms with Crippen molar-refractivity contribution in [1.29, 1.82) is 5.26 Å². The van der Waals surface area contributed by atoms with Gasteiger partial charge in [-0.05, 0) is 45.0 Å². The van der Waals surface area contributed by atoms with Crippen LogP contribution in [0, 0.1) is 11.3 Å². The van der Waals surface area contributed by atoms with E-state index in [1.165, 1.54) is 0 Å². The molecule has 0 aromatic heterocycles. The Hall–Kier alpha value is -1.73. The van der Waals surface area contributed by atoms with Crippen LogP contribution in [0.2, 0.25) is 0 Å². The molecule has 1 rings (SSSR count). The lowest BCUT2D eigenvalue weighted by Crippen LogP contribution is -2.45. The van der Waals surface area contributed by atoms with Gasteiger partial charge in [-0.2, -0.15) is 5.26 Å². The summed E-state index contributed by atoms with van der Waals surface area (Å²) >= 11 is 0. The van der Waals surface area contributed by atoms with Gasteiger partial charge in [-0.1, -0.05) is 0 Å². The highest BCUT2D eigenvalue weighted by Gasteiger charge is 2.24. The van der Waals surface area contributed by atoms with E-state index in [1.54, 1.807) is 7.11 Å². The lowest BCUT2D eigenvalue weighted by molar-refractivity contribution is 0.260. The summed E-state index contributed by atoms with van der Waals surface area (Å²) in [5, 5.41) is 12.5. The van der Waals surface area contributed by atoms with Crippen molar-refractivity contribution in [2.24, 2.45) is 0 Å². The maximum absolute atomic E-state index is 9.22. The van der Waals surface area contributed by atoms with Crippen molar-refractivity contribution in [2.75, 3.05) is 13.7 Å². The van der Waals surface area contributed by atoms with E-state index in [0.717, 1.165) is 11.5 Å². The van der Waals surface area contributed by atoms with Crippen LogP contribution in [0.5, 0.6) is 11.5 Å². The zero-order valence-corrected chi connectivity index (χ0v) is 12.1. The van der Waals surface area contributed by atoms with Crippen molar-refractivity contribution in [3.05, 3.63) is 24.3 Å². The number of nitrogens with zero attached hydrogens (tertiary/aromatic N) is 1. The van der Waals surface area contributed by atoms with Crippen LogP contribution in [0.4, 0.5) is 0 Å². The second-order valence-electron chi connectivity index (χ2n) is 5.02. The van der Waals surface area contributed by atoms with Crippen molar-refractivity contribution >= 4 is 0 Å². The van der Waals surface area contributed by atoms with Crippen LogP contribution in [0.25, 0.3) is 0 Å². The molecule has 0 aliphatic heterocycles. The number of nitrogens with one attached hydrogen (secondary N) is 1. The summed E-state index contributed by atoms with van der Waals surface area (Å²) in [6.07, 6.45) is 0.633. The van der Waals surface area contributed by atoms with E-state index in [2.05, 4.69) is 11.4 Å². The quantitative estimate of drug-likeness (QED) is 0.821. The van der Waals surface area contributed by atoms with E-state index >= 15 is 0 Å². The van der Waals surface area contributed by atoms with Gasteiger partial charge in [0.05, 0.1) is 19.8 Å².